The Morgan fingerprint density at radius 3 is 2.61 bits per heavy atom. The zero-order valence-electron chi connectivity index (χ0n) is 16.2. The van der Waals surface area contributed by atoms with Crippen molar-refractivity contribution in [1.82, 2.24) is 10.2 Å². The second kappa shape index (κ2) is 8.52. The number of aromatic nitrogens is 1. The lowest BCUT2D eigenvalue weighted by atomic mass is 10.0. The molecule has 11 heteroatoms. The molecule has 4 heterocycles. The predicted octanol–water partition coefficient (Wildman–Crippen LogP) is 0.116. The van der Waals surface area contributed by atoms with Gasteiger partial charge in [0, 0.05) is 28.3 Å². The number of nitrogens with two attached hydrogens (primary N) is 1. The molecule has 3 amide bonds. The lowest BCUT2D eigenvalue weighted by Crippen LogP contribution is -2.70. The Labute approximate surface area is 185 Å². The Bertz CT molecular complexity index is 1080. The van der Waals surface area contributed by atoms with Crippen LogP contribution in [-0.2, 0) is 27.3 Å². The van der Waals surface area contributed by atoms with Crippen LogP contribution in [0.15, 0.2) is 53.3 Å². The fourth-order valence-electron chi connectivity index (χ4n) is 3.55. The summed E-state index contributed by atoms with van der Waals surface area (Å²) in [6, 6.07) is 6.06. The summed E-state index contributed by atoms with van der Waals surface area (Å²) in [6.07, 6.45) is 3.45. The predicted molar refractivity (Wildman–Crippen MR) is 113 cm³/mol. The number of thiophene rings is 1. The van der Waals surface area contributed by atoms with Gasteiger partial charge in [-0.3, -0.25) is 19.3 Å². The molecule has 0 spiro atoms. The first-order valence-corrected chi connectivity index (χ1v) is 11.3. The third-order valence-electron chi connectivity index (χ3n) is 5.03. The molecule has 0 saturated carbocycles. The van der Waals surface area contributed by atoms with E-state index in [0.717, 1.165) is 4.88 Å². The molecule has 1 saturated heterocycles. The molecule has 0 aromatic carbocycles. The number of hydrogen-bond acceptors (Lipinski definition) is 6. The van der Waals surface area contributed by atoms with Crippen LogP contribution in [-0.4, -0.2) is 50.9 Å². The number of carboxylic acids is 1. The molecule has 0 aliphatic carbocycles. The molecule has 2 aromatic heterocycles. The van der Waals surface area contributed by atoms with Gasteiger partial charge in [-0.15, -0.1) is 23.1 Å². The number of pyridine rings is 1. The molecular weight excluding hydrogens is 440 g/mol. The fourth-order valence-corrected chi connectivity index (χ4v) is 5.59. The molecule has 160 valence electrons. The molecule has 1 unspecified atom stereocenters. The van der Waals surface area contributed by atoms with E-state index in [-0.39, 0.29) is 24.6 Å². The maximum absolute atomic E-state index is 12.7. The van der Waals surface area contributed by atoms with E-state index in [1.807, 2.05) is 17.5 Å². The Balaban J connectivity index is 1.48. The number of hydrogen-bond donors (Lipinski definition) is 3. The number of primary amides is 1. The van der Waals surface area contributed by atoms with Crippen molar-refractivity contribution in [3.63, 3.8) is 0 Å². The number of aliphatic carboxylic acids is 1. The van der Waals surface area contributed by atoms with E-state index in [4.69, 9.17) is 5.73 Å². The number of fused-ring (bicyclic) bond motifs is 1. The van der Waals surface area contributed by atoms with Crippen LogP contribution in [0.5, 0.6) is 0 Å². The normalized spacial score (nSPS) is 20.1. The Morgan fingerprint density at radius 1 is 1.26 bits per heavy atom. The first-order valence-electron chi connectivity index (χ1n) is 9.36. The van der Waals surface area contributed by atoms with E-state index in [1.54, 1.807) is 29.1 Å². The first kappa shape index (κ1) is 21.1. The Morgan fingerprint density at radius 2 is 2.00 bits per heavy atom. The number of amides is 3. The average molecular weight is 460 g/mol. The number of nitrogens with zero attached hydrogens (tertiary/aromatic N) is 2. The molecule has 2 aliphatic rings. The number of β-lactam (4-membered cyclic amide) rings is 1. The summed E-state index contributed by atoms with van der Waals surface area (Å²) >= 11 is 2.88. The van der Waals surface area contributed by atoms with E-state index in [0.29, 0.717) is 16.9 Å². The van der Waals surface area contributed by atoms with Gasteiger partial charge in [-0.1, -0.05) is 6.07 Å². The SMILES string of the molecule is NC(=O)c1cc[n+](CC2=C(C(=O)O)N3C(=O)[C@@H](NC(=O)Cc4cccs4)C3SC2)cc1. The first-order chi connectivity index (χ1) is 14.8. The zero-order chi connectivity index (χ0) is 22.1. The summed E-state index contributed by atoms with van der Waals surface area (Å²) in [5.74, 6) is -2.03. The van der Waals surface area contributed by atoms with Crippen LogP contribution in [0.4, 0.5) is 0 Å². The van der Waals surface area contributed by atoms with Crippen molar-refractivity contribution < 1.29 is 28.9 Å². The van der Waals surface area contributed by atoms with Gasteiger partial charge in [0.25, 0.3) is 5.91 Å². The topological polar surface area (TPSA) is 134 Å². The zero-order valence-corrected chi connectivity index (χ0v) is 17.8. The molecule has 9 nitrogen and oxygen atoms in total. The molecule has 2 atom stereocenters. The van der Waals surface area contributed by atoms with Crippen molar-refractivity contribution in [2.45, 2.75) is 24.4 Å². The van der Waals surface area contributed by atoms with Gasteiger partial charge in [-0.05, 0) is 11.4 Å². The monoisotopic (exact) mass is 459 g/mol. The standard InChI is InChI=1S/C20H18N4O5S2/c21-17(26)11-3-5-23(6-4-11)9-12-10-31-19-15(18(27)24(19)16(12)20(28)29)22-14(25)8-13-2-1-7-30-13/h1-7,15,19H,8-10H2,(H3-,21,22,25,26,28,29)/p+1/t15-,19?/m1/s1. The maximum atomic E-state index is 12.7. The maximum Gasteiger partial charge on any atom is 0.352 e. The quantitative estimate of drug-likeness (QED) is 0.398. The molecule has 4 rings (SSSR count). The lowest BCUT2D eigenvalue weighted by Gasteiger charge is -2.49. The molecule has 0 radical (unpaired) electrons. The van der Waals surface area contributed by atoms with E-state index in [9.17, 15) is 24.3 Å². The van der Waals surface area contributed by atoms with Crippen molar-refractivity contribution in [3.05, 3.63) is 63.7 Å². The summed E-state index contributed by atoms with van der Waals surface area (Å²) in [7, 11) is 0. The highest BCUT2D eigenvalue weighted by Crippen LogP contribution is 2.40. The summed E-state index contributed by atoms with van der Waals surface area (Å²) in [5.41, 5.74) is 6.11. The van der Waals surface area contributed by atoms with Crippen LogP contribution in [0.25, 0.3) is 0 Å². The second-order valence-electron chi connectivity index (χ2n) is 7.09. The third-order valence-corrected chi connectivity index (χ3v) is 7.25. The van der Waals surface area contributed by atoms with Gasteiger partial charge in [-0.2, -0.15) is 0 Å². The van der Waals surface area contributed by atoms with E-state index < -0.39 is 29.2 Å². The number of rotatable bonds is 7. The van der Waals surface area contributed by atoms with Gasteiger partial charge in [0.15, 0.2) is 18.9 Å². The molecular formula is C20H19N4O5S2+. The third kappa shape index (κ3) is 4.19. The van der Waals surface area contributed by atoms with Gasteiger partial charge in [0.1, 0.15) is 17.1 Å². The van der Waals surface area contributed by atoms with Crippen LogP contribution in [0, 0.1) is 0 Å². The summed E-state index contributed by atoms with van der Waals surface area (Å²) in [4.78, 5) is 50.3. The second-order valence-corrected chi connectivity index (χ2v) is 9.23. The summed E-state index contributed by atoms with van der Waals surface area (Å²) < 4.78 is 1.72. The summed E-state index contributed by atoms with van der Waals surface area (Å²) in [6.45, 7) is 0.250. The molecule has 4 N–H and O–H groups in total. The van der Waals surface area contributed by atoms with Crippen molar-refractivity contribution >= 4 is 46.8 Å². The van der Waals surface area contributed by atoms with Crippen LogP contribution in [0.2, 0.25) is 0 Å². The Hall–Kier alpha value is -3.18. The van der Waals surface area contributed by atoms with Crippen molar-refractivity contribution in [1.29, 1.82) is 0 Å². The average Bonchev–Trinajstić information content (AvgIpc) is 3.24. The van der Waals surface area contributed by atoms with Crippen LogP contribution in [0.3, 0.4) is 0 Å². The molecule has 2 aliphatic heterocycles. The highest BCUT2D eigenvalue weighted by Gasteiger charge is 2.54. The van der Waals surface area contributed by atoms with Crippen LogP contribution >= 0.6 is 23.1 Å². The minimum atomic E-state index is -1.19. The van der Waals surface area contributed by atoms with Crippen molar-refractivity contribution in [2.24, 2.45) is 5.73 Å². The van der Waals surface area contributed by atoms with Crippen molar-refractivity contribution in [2.75, 3.05) is 5.75 Å². The van der Waals surface area contributed by atoms with E-state index in [2.05, 4.69) is 5.32 Å². The molecule has 1 fully saturated rings. The smallest absolute Gasteiger partial charge is 0.352 e. The van der Waals surface area contributed by atoms with Gasteiger partial charge in [-0.25, -0.2) is 9.36 Å². The molecule has 31 heavy (non-hydrogen) atoms. The molecule has 0 bridgehead atoms. The minimum absolute atomic E-state index is 0.0519. The van der Waals surface area contributed by atoms with Crippen molar-refractivity contribution in [3.8, 4) is 0 Å². The number of thioether (sulfide) groups is 1. The number of nitrogens with one attached hydrogen (secondary N) is 1. The Kier molecular flexibility index (Phi) is 5.79. The summed E-state index contributed by atoms with van der Waals surface area (Å²) in [5, 5.41) is 13.9. The number of carbonyl (C=O) groups is 4. The van der Waals surface area contributed by atoms with Crippen LogP contribution < -0.4 is 15.6 Å². The minimum Gasteiger partial charge on any atom is -0.477 e. The van der Waals surface area contributed by atoms with E-state index >= 15 is 0 Å². The fraction of sp³-hybridized carbons (Fsp3) is 0.250. The van der Waals surface area contributed by atoms with E-state index in [1.165, 1.54) is 28.0 Å². The lowest BCUT2D eigenvalue weighted by molar-refractivity contribution is -0.689. The highest BCUT2D eigenvalue weighted by atomic mass is 32.2. The highest BCUT2D eigenvalue weighted by molar-refractivity contribution is 8.00. The van der Waals surface area contributed by atoms with Gasteiger partial charge in [0.05, 0.1) is 12.0 Å². The largest absolute Gasteiger partial charge is 0.477 e. The number of carbonyl (C=O) groups excluding carboxylic acids is 3. The molecule has 2 aromatic rings. The van der Waals surface area contributed by atoms with Gasteiger partial charge < -0.3 is 16.2 Å². The van der Waals surface area contributed by atoms with Gasteiger partial charge >= 0.3 is 5.97 Å². The van der Waals surface area contributed by atoms with Gasteiger partial charge in [0.2, 0.25) is 11.8 Å². The van der Waals surface area contributed by atoms with Crippen LogP contribution in [0.1, 0.15) is 15.2 Å². The number of carboxylic acid groups (broad SMARTS) is 1.